The molecule has 0 saturated carbocycles. The maximum atomic E-state index is 12.9. The summed E-state index contributed by atoms with van der Waals surface area (Å²) in [4.78, 5) is 53.1. The monoisotopic (exact) mass is 682 g/mol. The summed E-state index contributed by atoms with van der Waals surface area (Å²) >= 11 is 0. The normalized spacial score (nSPS) is 11.3. The molecule has 10 nitrogen and oxygen atoms in total. The highest BCUT2D eigenvalue weighted by Crippen LogP contribution is 2.12. The van der Waals surface area contributed by atoms with Crippen molar-refractivity contribution in [3.8, 4) is 0 Å². The Kier molecular flexibility index (Phi) is 32.6. The summed E-state index contributed by atoms with van der Waals surface area (Å²) < 4.78 is 16.3. The zero-order valence-corrected chi connectivity index (χ0v) is 31.2. The van der Waals surface area contributed by atoms with Gasteiger partial charge in [0.05, 0.1) is 26.3 Å². The Hall–Kier alpha value is -2.46. The van der Waals surface area contributed by atoms with E-state index in [4.69, 9.17) is 14.2 Å². The Morgan fingerprint density at radius 2 is 0.979 bits per heavy atom. The van der Waals surface area contributed by atoms with Crippen LogP contribution in [0.4, 0.5) is 0 Å². The molecule has 0 atom stereocenters. The van der Waals surface area contributed by atoms with Crippen LogP contribution in [0, 0.1) is 0 Å². The Morgan fingerprint density at radius 1 is 0.542 bits per heavy atom. The summed E-state index contributed by atoms with van der Waals surface area (Å²) in [6.45, 7) is 6.88. The van der Waals surface area contributed by atoms with Gasteiger partial charge in [-0.1, -0.05) is 117 Å². The molecule has 0 aromatic heterocycles. The highest BCUT2D eigenvalue weighted by Gasteiger charge is 2.14. The second-order valence-corrected chi connectivity index (χ2v) is 13.0. The minimum absolute atomic E-state index is 0.0404. The largest absolute Gasteiger partial charge is 0.464 e. The first-order chi connectivity index (χ1) is 23.3. The third-order valence-corrected chi connectivity index (χ3v) is 8.13. The average molecular weight is 682 g/mol. The van der Waals surface area contributed by atoms with Gasteiger partial charge in [-0.05, 0) is 26.9 Å². The van der Waals surface area contributed by atoms with E-state index in [-0.39, 0.29) is 38.2 Å². The van der Waals surface area contributed by atoms with Crippen molar-refractivity contribution in [2.75, 3.05) is 66.7 Å². The summed E-state index contributed by atoms with van der Waals surface area (Å²) in [6.07, 6.45) is 24.2. The zero-order chi connectivity index (χ0) is 35.5. The molecule has 0 aromatic rings. The number of ether oxygens (including phenoxy) is 3. The van der Waals surface area contributed by atoms with E-state index in [1.807, 2.05) is 19.0 Å². The lowest BCUT2D eigenvalue weighted by Crippen LogP contribution is -2.36. The van der Waals surface area contributed by atoms with Crippen molar-refractivity contribution in [3.63, 3.8) is 0 Å². The van der Waals surface area contributed by atoms with Gasteiger partial charge in [0.1, 0.15) is 13.2 Å². The van der Waals surface area contributed by atoms with Gasteiger partial charge >= 0.3 is 11.9 Å². The van der Waals surface area contributed by atoms with Gasteiger partial charge < -0.3 is 29.3 Å². The van der Waals surface area contributed by atoms with E-state index in [0.717, 1.165) is 45.1 Å². The third-order valence-electron chi connectivity index (χ3n) is 8.13. The Balaban J connectivity index is 4.54. The van der Waals surface area contributed by atoms with Crippen LogP contribution in [0.5, 0.6) is 0 Å². The first kappa shape index (κ1) is 45.5. The molecule has 0 aliphatic rings. The fourth-order valence-corrected chi connectivity index (χ4v) is 5.08. The van der Waals surface area contributed by atoms with E-state index in [1.54, 1.807) is 0 Å². The van der Waals surface area contributed by atoms with Crippen molar-refractivity contribution in [3.05, 3.63) is 12.2 Å². The number of nitrogens with one attached hydrogen (secondary N) is 1. The molecule has 0 aliphatic heterocycles. The zero-order valence-electron chi connectivity index (χ0n) is 31.2. The second-order valence-electron chi connectivity index (χ2n) is 13.0. The van der Waals surface area contributed by atoms with Crippen molar-refractivity contribution >= 4 is 23.8 Å². The number of rotatable bonds is 34. The van der Waals surface area contributed by atoms with Crippen LogP contribution in [0.3, 0.4) is 0 Å². The number of carbonyl (C=O) groups is 4. The van der Waals surface area contributed by atoms with Gasteiger partial charge in [0.25, 0.3) is 0 Å². The highest BCUT2D eigenvalue weighted by atomic mass is 16.5. The SMILES string of the molecule is CCCCCCCCCCCC(=O)OCCN(CCOC(=O)CCCCCCCCCCC)C(=O)C=CC(=O)NCCOCCN(C)C. The number of hydrogen-bond donors (Lipinski definition) is 1. The molecule has 1 N–H and O–H groups in total. The van der Waals surface area contributed by atoms with Crippen molar-refractivity contribution in [2.24, 2.45) is 0 Å². The van der Waals surface area contributed by atoms with Crippen LogP contribution in [0.1, 0.15) is 142 Å². The fraction of sp³-hybridized carbons (Fsp3) is 0.842. The minimum atomic E-state index is -0.419. The van der Waals surface area contributed by atoms with Gasteiger partial charge in [-0.25, -0.2) is 0 Å². The molecule has 0 aromatic carbocycles. The lowest BCUT2D eigenvalue weighted by Gasteiger charge is -2.21. The van der Waals surface area contributed by atoms with Crippen molar-refractivity contribution < 1.29 is 33.4 Å². The van der Waals surface area contributed by atoms with E-state index < -0.39 is 11.8 Å². The number of amides is 2. The fourth-order valence-electron chi connectivity index (χ4n) is 5.08. The van der Waals surface area contributed by atoms with Crippen molar-refractivity contribution in [2.45, 2.75) is 142 Å². The molecule has 280 valence electrons. The van der Waals surface area contributed by atoms with E-state index in [1.165, 1.54) is 94.1 Å². The topological polar surface area (TPSA) is 114 Å². The van der Waals surface area contributed by atoms with Crippen LogP contribution in [0.15, 0.2) is 12.2 Å². The first-order valence-corrected chi connectivity index (χ1v) is 19.1. The van der Waals surface area contributed by atoms with Gasteiger partial charge in [0.2, 0.25) is 11.8 Å². The van der Waals surface area contributed by atoms with Gasteiger partial charge in [0.15, 0.2) is 0 Å². The molecule has 0 spiro atoms. The smallest absolute Gasteiger partial charge is 0.305 e. The molecule has 0 saturated heterocycles. The maximum Gasteiger partial charge on any atom is 0.305 e. The molecule has 2 amide bonds. The first-order valence-electron chi connectivity index (χ1n) is 19.1. The van der Waals surface area contributed by atoms with Crippen LogP contribution >= 0.6 is 0 Å². The second kappa shape index (κ2) is 34.4. The molecular weight excluding hydrogens is 610 g/mol. The minimum Gasteiger partial charge on any atom is -0.464 e. The quantitative estimate of drug-likeness (QED) is 0.0439. The van der Waals surface area contributed by atoms with E-state index in [0.29, 0.717) is 32.6 Å². The summed E-state index contributed by atoms with van der Waals surface area (Å²) in [5.74, 6) is -1.38. The molecule has 10 heteroatoms. The third kappa shape index (κ3) is 32.1. The van der Waals surface area contributed by atoms with Crippen LogP contribution in [-0.4, -0.2) is 100 Å². The summed E-state index contributed by atoms with van der Waals surface area (Å²) in [5, 5.41) is 2.69. The molecule has 0 unspecified atom stereocenters. The van der Waals surface area contributed by atoms with E-state index in [2.05, 4.69) is 19.2 Å². The highest BCUT2D eigenvalue weighted by molar-refractivity contribution is 5.96. The summed E-state index contributed by atoms with van der Waals surface area (Å²) in [7, 11) is 3.92. The van der Waals surface area contributed by atoms with Crippen LogP contribution in [0.2, 0.25) is 0 Å². The standard InChI is InChI=1S/C38H71N3O7/c1-5-7-9-11-13-15-17-19-21-23-37(44)47-33-29-41(36(43)26-25-35(42)39-27-31-46-32-28-40(3)4)30-34-48-38(45)24-22-20-18-16-14-12-10-8-6-2/h25-26H,5-24,27-34H2,1-4H3,(H,39,42). The van der Waals surface area contributed by atoms with Gasteiger partial charge in [-0.3, -0.25) is 19.2 Å². The van der Waals surface area contributed by atoms with Gasteiger partial charge in [0, 0.05) is 38.1 Å². The average Bonchev–Trinajstić information content (AvgIpc) is 3.06. The summed E-state index contributed by atoms with van der Waals surface area (Å²) in [6, 6.07) is 0. The van der Waals surface area contributed by atoms with Gasteiger partial charge in [-0.2, -0.15) is 0 Å². The number of unbranched alkanes of at least 4 members (excludes halogenated alkanes) is 16. The summed E-state index contributed by atoms with van der Waals surface area (Å²) in [5.41, 5.74) is 0. The molecule has 0 aliphatic carbocycles. The molecule has 0 radical (unpaired) electrons. The predicted molar refractivity (Wildman–Crippen MR) is 194 cm³/mol. The molecular formula is C38H71N3O7. The number of likely N-dealkylation sites (N-methyl/N-ethyl adjacent to an activating group) is 1. The van der Waals surface area contributed by atoms with Gasteiger partial charge in [-0.15, -0.1) is 0 Å². The van der Waals surface area contributed by atoms with Crippen molar-refractivity contribution in [1.82, 2.24) is 15.1 Å². The number of nitrogens with zero attached hydrogens (tertiary/aromatic N) is 2. The predicted octanol–water partition coefficient (Wildman–Crippen LogP) is 6.99. The molecule has 0 bridgehead atoms. The number of hydrogen-bond acceptors (Lipinski definition) is 8. The van der Waals surface area contributed by atoms with Crippen LogP contribution in [-0.2, 0) is 33.4 Å². The Labute approximate surface area is 293 Å². The molecule has 0 fully saturated rings. The maximum absolute atomic E-state index is 12.9. The molecule has 48 heavy (non-hydrogen) atoms. The van der Waals surface area contributed by atoms with E-state index >= 15 is 0 Å². The Bertz CT molecular complexity index is 795. The lowest BCUT2D eigenvalue weighted by atomic mass is 10.1. The molecule has 0 rings (SSSR count). The molecule has 0 heterocycles. The van der Waals surface area contributed by atoms with E-state index in [9.17, 15) is 19.2 Å². The van der Waals surface area contributed by atoms with Crippen LogP contribution < -0.4 is 5.32 Å². The number of carbonyl (C=O) groups excluding carboxylic acids is 4. The lowest BCUT2D eigenvalue weighted by molar-refractivity contribution is -0.146. The van der Waals surface area contributed by atoms with Crippen molar-refractivity contribution in [1.29, 1.82) is 0 Å². The van der Waals surface area contributed by atoms with Crippen LogP contribution in [0.25, 0.3) is 0 Å². The number of esters is 2. The Morgan fingerprint density at radius 3 is 1.42 bits per heavy atom.